The summed E-state index contributed by atoms with van der Waals surface area (Å²) in [6.07, 6.45) is 0. The van der Waals surface area contributed by atoms with Crippen molar-refractivity contribution >= 4 is 44.8 Å². The first kappa shape index (κ1) is 11.9. The number of aromatic nitrogens is 1. The summed E-state index contributed by atoms with van der Waals surface area (Å²) >= 11 is 13.4. The molecule has 0 saturated carbocycles. The Kier molecular flexibility index (Phi) is 2.98. The molecule has 18 heavy (non-hydrogen) atoms. The van der Waals surface area contributed by atoms with Crippen LogP contribution < -0.4 is 0 Å². The number of rotatable bonds is 1. The standard InChI is InChI=1S/C13H6Cl2FNS/c14-7-1-3-9(10(15)5-7)13-17-11-4-2-8(16)6-12(11)18-13/h1-6H. The lowest BCUT2D eigenvalue weighted by Gasteiger charge is -1.99. The average Bonchev–Trinajstić information content (AvgIpc) is 2.71. The molecular weight excluding hydrogens is 292 g/mol. The van der Waals surface area contributed by atoms with Gasteiger partial charge in [0.2, 0.25) is 0 Å². The minimum Gasteiger partial charge on any atom is -0.236 e. The number of fused-ring (bicyclic) bond motifs is 1. The van der Waals surface area contributed by atoms with Gasteiger partial charge in [-0.2, -0.15) is 0 Å². The smallest absolute Gasteiger partial charge is 0.126 e. The minimum absolute atomic E-state index is 0.264. The SMILES string of the molecule is Fc1ccc2nc(-c3ccc(Cl)cc3Cl)sc2c1. The van der Waals surface area contributed by atoms with Gasteiger partial charge in [-0.15, -0.1) is 11.3 Å². The predicted octanol–water partition coefficient (Wildman–Crippen LogP) is 5.41. The maximum atomic E-state index is 13.1. The maximum absolute atomic E-state index is 13.1. The molecule has 0 aliphatic rings. The molecule has 0 fully saturated rings. The molecule has 0 radical (unpaired) electrons. The summed E-state index contributed by atoms with van der Waals surface area (Å²) in [6.45, 7) is 0. The Balaban J connectivity index is 2.19. The normalized spacial score (nSPS) is 11.1. The first-order valence-electron chi connectivity index (χ1n) is 5.15. The Bertz CT molecular complexity index is 739. The third kappa shape index (κ3) is 2.09. The lowest BCUT2D eigenvalue weighted by molar-refractivity contribution is 0.630. The molecule has 0 unspecified atom stereocenters. The molecule has 0 amide bonds. The van der Waals surface area contributed by atoms with Crippen molar-refractivity contribution in [2.45, 2.75) is 0 Å². The highest BCUT2D eigenvalue weighted by Gasteiger charge is 2.10. The van der Waals surface area contributed by atoms with Crippen LogP contribution in [-0.4, -0.2) is 4.98 Å². The van der Waals surface area contributed by atoms with Crippen LogP contribution in [0.4, 0.5) is 4.39 Å². The molecule has 3 aromatic rings. The molecule has 0 aliphatic carbocycles. The van der Waals surface area contributed by atoms with Crippen molar-refractivity contribution in [2.75, 3.05) is 0 Å². The van der Waals surface area contributed by atoms with Gasteiger partial charge in [-0.1, -0.05) is 23.2 Å². The molecule has 2 aromatic carbocycles. The molecular formula is C13H6Cl2FNS. The first-order chi connectivity index (χ1) is 8.63. The molecule has 5 heteroatoms. The van der Waals surface area contributed by atoms with Gasteiger partial charge in [0.25, 0.3) is 0 Å². The van der Waals surface area contributed by atoms with Gasteiger partial charge in [0.1, 0.15) is 10.8 Å². The summed E-state index contributed by atoms with van der Waals surface area (Å²) in [5, 5.41) is 1.88. The lowest BCUT2D eigenvalue weighted by atomic mass is 10.2. The zero-order valence-electron chi connectivity index (χ0n) is 8.95. The molecule has 1 nitrogen and oxygen atoms in total. The predicted molar refractivity (Wildman–Crippen MR) is 75.0 cm³/mol. The second-order valence-corrected chi connectivity index (χ2v) is 5.63. The number of benzene rings is 2. The van der Waals surface area contributed by atoms with Crippen LogP contribution in [0.1, 0.15) is 0 Å². The highest BCUT2D eigenvalue weighted by Crippen LogP contribution is 2.35. The second-order valence-electron chi connectivity index (χ2n) is 3.76. The van der Waals surface area contributed by atoms with E-state index in [2.05, 4.69) is 4.98 Å². The second kappa shape index (κ2) is 4.50. The van der Waals surface area contributed by atoms with Gasteiger partial charge >= 0.3 is 0 Å². The number of hydrogen-bond donors (Lipinski definition) is 0. The van der Waals surface area contributed by atoms with Crippen molar-refractivity contribution in [1.82, 2.24) is 4.98 Å². The van der Waals surface area contributed by atoms with Gasteiger partial charge in [0.05, 0.1) is 15.2 Å². The zero-order valence-corrected chi connectivity index (χ0v) is 11.3. The van der Waals surface area contributed by atoms with Gasteiger partial charge in [0.15, 0.2) is 0 Å². The first-order valence-corrected chi connectivity index (χ1v) is 6.72. The van der Waals surface area contributed by atoms with Gasteiger partial charge in [-0.3, -0.25) is 0 Å². The summed E-state index contributed by atoms with van der Waals surface area (Å²) in [5.41, 5.74) is 1.57. The van der Waals surface area contributed by atoms with Crippen LogP contribution in [0.15, 0.2) is 36.4 Å². The van der Waals surface area contributed by atoms with Crippen LogP contribution in [0.2, 0.25) is 10.0 Å². The molecule has 0 spiro atoms. The molecule has 0 N–H and O–H groups in total. The van der Waals surface area contributed by atoms with E-state index in [1.165, 1.54) is 23.5 Å². The quantitative estimate of drug-likeness (QED) is 0.585. The van der Waals surface area contributed by atoms with E-state index in [0.29, 0.717) is 10.0 Å². The van der Waals surface area contributed by atoms with Crippen molar-refractivity contribution in [1.29, 1.82) is 0 Å². The summed E-state index contributed by atoms with van der Waals surface area (Å²) < 4.78 is 13.9. The maximum Gasteiger partial charge on any atom is 0.126 e. The van der Waals surface area contributed by atoms with Crippen LogP contribution in [0.25, 0.3) is 20.8 Å². The Morgan fingerprint density at radius 1 is 1.06 bits per heavy atom. The van der Waals surface area contributed by atoms with E-state index in [1.807, 2.05) is 6.07 Å². The molecule has 1 heterocycles. The van der Waals surface area contributed by atoms with E-state index in [1.54, 1.807) is 18.2 Å². The van der Waals surface area contributed by atoms with Crippen LogP contribution in [-0.2, 0) is 0 Å². The zero-order chi connectivity index (χ0) is 12.7. The summed E-state index contributed by atoms with van der Waals surface area (Å²) in [4.78, 5) is 4.44. The van der Waals surface area contributed by atoms with E-state index >= 15 is 0 Å². The highest BCUT2D eigenvalue weighted by atomic mass is 35.5. The number of halogens is 3. The third-order valence-electron chi connectivity index (χ3n) is 2.51. The third-order valence-corrected chi connectivity index (χ3v) is 4.11. The van der Waals surface area contributed by atoms with Gasteiger partial charge in [-0.25, -0.2) is 9.37 Å². The average molecular weight is 298 g/mol. The molecule has 0 saturated heterocycles. The largest absolute Gasteiger partial charge is 0.236 e. The van der Waals surface area contributed by atoms with Crippen LogP contribution in [0.5, 0.6) is 0 Å². The number of nitrogens with zero attached hydrogens (tertiary/aromatic N) is 1. The highest BCUT2D eigenvalue weighted by molar-refractivity contribution is 7.21. The Hall–Kier alpha value is -1.16. The fourth-order valence-electron chi connectivity index (χ4n) is 1.68. The van der Waals surface area contributed by atoms with Crippen LogP contribution >= 0.6 is 34.5 Å². The fourth-order valence-corrected chi connectivity index (χ4v) is 3.26. The Morgan fingerprint density at radius 2 is 1.89 bits per heavy atom. The van der Waals surface area contributed by atoms with Crippen molar-refractivity contribution in [3.63, 3.8) is 0 Å². The summed E-state index contributed by atoms with van der Waals surface area (Å²) in [7, 11) is 0. The van der Waals surface area contributed by atoms with Crippen molar-refractivity contribution < 1.29 is 4.39 Å². The molecule has 90 valence electrons. The van der Waals surface area contributed by atoms with E-state index in [0.717, 1.165) is 20.8 Å². The van der Waals surface area contributed by atoms with Gasteiger partial charge < -0.3 is 0 Å². The van der Waals surface area contributed by atoms with E-state index in [9.17, 15) is 4.39 Å². The van der Waals surface area contributed by atoms with Crippen molar-refractivity contribution in [2.24, 2.45) is 0 Å². The Labute approximate surface area is 117 Å². The molecule has 1 aromatic heterocycles. The van der Waals surface area contributed by atoms with Crippen LogP contribution in [0, 0.1) is 5.82 Å². The summed E-state index contributed by atoms with van der Waals surface area (Å²) in [5.74, 6) is -0.264. The van der Waals surface area contributed by atoms with Crippen molar-refractivity contribution in [3.8, 4) is 10.6 Å². The summed E-state index contributed by atoms with van der Waals surface area (Å²) in [6, 6.07) is 9.78. The van der Waals surface area contributed by atoms with Crippen LogP contribution in [0.3, 0.4) is 0 Å². The minimum atomic E-state index is -0.264. The molecule has 3 rings (SSSR count). The van der Waals surface area contributed by atoms with E-state index in [-0.39, 0.29) is 5.82 Å². The number of hydrogen-bond acceptors (Lipinski definition) is 2. The molecule has 0 bridgehead atoms. The molecule has 0 aliphatic heterocycles. The molecule has 0 atom stereocenters. The monoisotopic (exact) mass is 297 g/mol. The lowest BCUT2D eigenvalue weighted by Crippen LogP contribution is -1.78. The number of thiazole rings is 1. The Morgan fingerprint density at radius 3 is 2.67 bits per heavy atom. The van der Waals surface area contributed by atoms with Crippen molar-refractivity contribution in [3.05, 3.63) is 52.3 Å². The van der Waals surface area contributed by atoms with E-state index in [4.69, 9.17) is 23.2 Å². The fraction of sp³-hybridized carbons (Fsp3) is 0. The van der Waals surface area contributed by atoms with E-state index < -0.39 is 0 Å². The van der Waals surface area contributed by atoms with Gasteiger partial charge in [-0.05, 0) is 36.4 Å². The topological polar surface area (TPSA) is 12.9 Å². The van der Waals surface area contributed by atoms with Gasteiger partial charge in [0, 0.05) is 10.6 Å².